The van der Waals surface area contributed by atoms with Crippen LogP contribution in [-0.2, 0) is 0 Å². The van der Waals surface area contributed by atoms with Crippen LogP contribution >= 0.6 is 15.9 Å². The molecule has 0 fully saturated rings. The fourth-order valence-corrected chi connectivity index (χ4v) is 2.96. The Labute approximate surface area is 144 Å². The van der Waals surface area contributed by atoms with Crippen molar-refractivity contribution in [2.45, 2.75) is 20.8 Å². The van der Waals surface area contributed by atoms with Crippen molar-refractivity contribution < 1.29 is 9.53 Å². The Morgan fingerprint density at radius 3 is 2.39 bits per heavy atom. The van der Waals surface area contributed by atoms with Crippen LogP contribution in [0.2, 0.25) is 0 Å². The molecule has 0 saturated heterocycles. The molecule has 0 saturated carbocycles. The normalized spacial score (nSPS) is 10.8. The van der Waals surface area contributed by atoms with E-state index in [1.807, 2.05) is 13.8 Å². The highest BCUT2D eigenvalue weighted by Crippen LogP contribution is 2.25. The molecule has 4 nitrogen and oxygen atoms in total. The number of carbonyl (C=O) groups is 1. The molecule has 2 rings (SSSR count). The van der Waals surface area contributed by atoms with Gasteiger partial charge in [0.15, 0.2) is 0 Å². The number of nitrogens with one attached hydrogen (secondary N) is 1. The van der Waals surface area contributed by atoms with Crippen LogP contribution in [0.25, 0.3) is 0 Å². The second kappa shape index (κ2) is 7.42. The van der Waals surface area contributed by atoms with Crippen LogP contribution in [0.4, 0.5) is 0 Å². The maximum atomic E-state index is 12.1. The van der Waals surface area contributed by atoms with Gasteiger partial charge in [0, 0.05) is 11.1 Å². The van der Waals surface area contributed by atoms with Crippen LogP contribution in [0.5, 0.6) is 5.75 Å². The highest BCUT2D eigenvalue weighted by molar-refractivity contribution is 9.10. The average molecular weight is 375 g/mol. The van der Waals surface area contributed by atoms with Crippen molar-refractivity contribution in [3.8, 4) is 5.75 Å². The molecule has 120 valence electrons. The molecule has 1 amide bonds. The van der Waals surface area contributed by atoms with Crippen molar-refractivity contribution in [2.24, 2.45) is 5.10 Å². The summed E-state index contributed by atoms with van der Waals surface area (Å²) >= 11 is 3.36. The summed E-state index contributed by atoms with van der Waals surface area (Å²) in [5.74, 6) is 0.406. The third-order valence-corrected chi connectivity index (χ3v) is 4.13. The van der Waals surface area contributed by atoms with Crippen LogP contribution in [-0.4, -0.2) is 19.2 Å². The fourth-order valence-electron chi connectivity index (χ4n) is 2.42. The first-order chi connectivity index (χ1) is 10.9. The molecule has 0 unspecified atom stereocenters. The first-order valence-electron chi connectivity index (χ1n) is 7.17. The Hall–Kier alpha value is -2.14. The van der Waals surface area contributed by atoms with Crippen molar-refractivity contribution in [3.05, 3.63) is 62.6 Å². The summed E-state index contributed by atoms with van der Waals surface area (Å²) < 4.78 is 5.87. The molecule has 0 aliphatic rings. The number of carbonyl (C=O) groups excluding carboxylic acids is 1. The van der Waals surface area contributed by atoms with Gasteiger partial charge in [0.05, 0.1) is 17.8 Å². The highest BCUT2D eigenvalue weighted by atomic mass is 79.9. The maximum absolute atomic E-state index is 12.1. The minimum Gasteiger partial charge on any atom is -0.496 e. The lowest BCUT2D eigenvalue weighted by atomic mass is 10.0. The molecule has 0 aromatic heterocycles. The van der Waals surface area contributed by atoms with Crippen LogP contribution in [0.3, 0.4) is 0 Å². The smallest absolute Gasteiger partial charge is 0.271 e. The van der Waals surface area contributed by atoms with Crippen LogP contribution < -0.4 is 10.2 Å². The third-order valence-electron chi connectivity index (χ3n) is 3.51. The van der Waals surface area contributed by atoms with Crippen molar-refractivity contribution in [1.29, 1.82) is 0 Å². The minimum absolute atomic E-state index is 0.271. The zero-order chi connectivity index (χ0) is 17.0. The largest absolute Gasteiger partial charge is 0.496 e. The van der Waals surface area contributed by atoms with E-state index in [0.717, 1.165) is 21.2 Å². The molecule has 0 aliphatic carbocycles. The molecule has 1 N–H and O–H groups in total. The first kappa shape index (κ1) is 17.2. The maximum Gasteiger partial charge on any atom is 0.271 e. The number of benzene rings is 2. The molecular weight excluding hydrogens is 356 g/mol. The third kappa shape index (κ3) is 4.20. The molecule has 0 spiro atoms. The Kier molecular flexibility index (Phi) is 5.55. The van der Waals surface area contributed by atoms with Gasteiger partial charge >= 0.3 is 0 Å². The van der Waals surface area contributed by atoms with E-state index in [2.05, 4.69) is 45.5 Å². The lowest BCUT2D eigenvalue weighted by Gasteiger charge is -2.07. The number of amides is 1. The molecule has 0 bridgehead atoms. The number of hydrazone groups is 1. The van der Waals surface area contributed by atoms with Gasteiger partial charge in [-0.3, -0.25) is 4.79 Å². The summed E-state index contributed by atoms with van der Waals surface area (Å²) in [5, 5.41) is 4.07. The second-order valence-electron chi connectivity index (χ2n) is 5.36. The molecule has 0 atom stereocenters. The van der Waals surface area contributed by atoms with Gasteiger partial charge in [-0.15, -0.1) is 0 Å². The fraction of sp³-hybridized carbons (Fsp3) is 0.222. The van der Waals surface area contributed by atoms with Crippen molar-refractivity contribution in [1.82, 2.24) is 5.43 Å². The Morgan fingerprint density at radius 1 is 1.17 bits per heavy atom. The zero-order valence-electron chi connectivity index (χ0n) is 13.6. The van der Waals surface area contributed by atoms with Gasteiger partial charge in [-0.2, -0.15) is 5.10 Å². The van der Waals surface area contributed by atoms with Gasteiger partial charge in [0.25, 0.3) is 5.91 Å². The zero-order valence-corrected chi connectivity index (χ0v) is 15.2. The number of nitrogens with zero attached hydrogens (tertiary/aromatic N) is 1. The van der Waals surface area contributed by atoms with Crippen molar-refractivity contribution in [3.63, 3.8) is 0 Å². The average Bonchev–Trinajstić information content (AvgIpc) is 2.49. The van der Waals surface area contributed by atoms with Crippen LogP contribution in [0, 0.1) is 20.8 Å². The summed E-state index contributed by atoms with van der Waals surface area (Å²) in [7, 11) is 1.58. The van der Waals surface area contributed by atoms with Gasteiger partial charge in [0.1, 0.15) is 5.75 Å². The topological polar surface area (TPSA) is 50.7 Å². The summed E-state index contributed by atoms with van der Waals surface area (Å²) in [6, 6.07) is 9.31. The Morgan fingerprint density at radius 2 is 1.83 bits per heavy atom. The molecule has 5 heteroatoms. The Bertz CT molecular complexity index is 747. The minimum atomic E-state index is -0.271. The van der Waals surface area contributed by atoms with Crippen molar-refractivity contribution >= 4 is 28.1 Å². The molecule has 23 heavy (non-hydrogen) atoms. The van der Waals surface area contributed by atoms with E-state index in [1.54, 1.807) is 31.5 Å². The quantitative estimate of drug-likeness (QED) is 0.645. The number of methoxy groups -OCH3 is 1. The number of ether oxygens (including phenoxy) is 1. The number of halogens is 1. The van der Waals surface area contributed by atoms with E-state index < -0.39 is 0 Å². The van der Waals surface area contributed by atoms with Gasteiger partial charge < -0.3 is 4.74 Å². The monoisotopic (exact) mass is 374 g/mol. The van der Waals surface area contributed by atoms with E-state index in [4.69, 9.17) is 4.74 Å². The highest BCUT2D eigenvalue weighted by Gasteiger charge is 2.08. The van der Waals surface area contributed by atoms with Gasteiger partial charge in [-0.1, -0.05) is 17.7 Å². The van der Waals surface area contributed by atoms with E-state index in [9.17, 15) is 4.79 Å². The first-order valence-corrected chi connectivity index (χ1v) is 7.96. The van der Waals surface area contributed by atoms with E-state index in [0.29, 0.717) is 11.3 Å². The number of hydrogen-bond donors (Lipinski definition) is 1. The SMILES string of the molecule is COc1ccc(C(=O)N/N=C/c2c(C)cc(C)cc2C)cc1Br. The molecule has 0 heterocycles. The second-order valence-corrected chi connectivity index (χ2v) is 6.22. The molecule has 0 aliphatic heterocycles. The van der Waals surface area contributed by atoms with Gasteiger partial charge in [0.2, 0.25) is 0 Å². The van der Waals surface area contributed by atoms with E-state index in [1.165, 1.54) is 5.56 Å². The van der Waals surface area contributed by atoms with Crippen LogP contribution in [0.15, 0.2) is 39.9 Å². The molecule has 0 radical (unpaired) electrons. The van der Waals surface area contributed by atoms with E-state index >= 15 is 0 Å². The summed E-state index contributed by atoms with van der Waals surface area (Å²) in [6.45, 7) is 6.12. The summed E-state index contributed by atoms with van der Waals surface area (Å²) in [4.78, 5) is 12.1. The number of rotatable bonds is 4. The molecule has 2 aromatic rings. The predicted octanol–water partition coefficient (Wildman–Crippen LogP) is 4.15. The van der Waals surface area contributed by atoms with Crippen molar-refractivity contribution in [2.75, 3.05) is 7.11 Å². The van der Waals surface area contributed by atoms with Gasteiger partial charge in [-0.25, -0.2) is 5.43 Å². The summed E-state index contributed by atoms with van der Waals surface area (Å²) in [5.41, 5.74) is 7.55. The van der Waals surface area contributed by atoms with Gasteiger partial charge in [-0.05, 0) is 66.0 Å². The lowest BCUT2D eigenvalue weighted by molar-refractivity contribution is 0.0955. The van der Waals surface area contributed by atoms with Crippen LogP contribution in [0.1, 0.15) is 32.6 Å². The molecular formula is C18H19BrN2O2. The molecule has 2 aromatic carbocycles. The predicted molar refractivity (Wildman–Crippen MR) is 96.4 cm³/mol. The Balaban J connectivity index is 2.11. The number of hydrogen-bond acceptors (Lipinski definition) is 3. The standard InChI is InChI=1S/C18H19BrN2O2/c1-11-7-12(2)15(13(3)8-11)10-20-21-18(22)14-5-6-17(23-4)16(19)9-14/h5-10H,1-4H3,(H,21,22)/b20-10+. The summed E-state index contributed by atoms with van der Waals surface area (Å²) in [6.07, 6.45) is 1.68. The van der Waals surface area contributed by atoms with E-state index in [-0.39, 0.29) is 5.91 Å². The lowest BCUT2D eigenvalue weighted by Crippen LogP contribution is -2.17. The number of aryl methyl sites for hydroxylation is 3.